The van der Waals surface area contributed by atoms with E-state index in [9.17, 15) is 9.59 Å². The Hall–Kier alpha value is -2.33. The van der Waals surface area contributed by atoms with Gasteiger partial charge in [-0.3, -0.25) is 4.79 Å². The first-order valence-electron chi connectivity index (χ1n) is 6.37. The zero-order valence-corrected chi connectivity index (χ0v) is 12.1. The van der Waals surface area contributed by atoms with E-state index >= 15 is 0 Å². The largest absolute Gasteiger partial charge is 0.478 e. The van der Waals surface area contributed by atoms with E-state index in [1.54, 1.807) is 6.92 Å². The number of hydrogen-bond donors (Lipinski definition) is 2. The molecule has 0 aliphatic rings. The Bertz CT molecular complexity index is 670. The van der Waals surface area contributed by atoms with Crippen molar-refractivity contribution in [2.75, 3.05) is 5.32 Å². The van der Waals surface area contributed by atoms with Gasteiger partial charge < -0.3 is 10.4 Å². The van der Waals surface area contributed by atoms with Gasteiger partial charge in [0.05, 0.1) is 17.2 Å². The zero-order valence-electron chi connectivity index (χ0n) is 11.3. The van der Waals surface area contributed by atoms with Gasteiger partial charge in [-0.2, -0.15) is 0 Å². The maximum Gasteiger partial charge on any atom is 0.337 e. The second kappa shape index (κ2) is 6.41. The molecule has 0 bridgehead atoms. The van der Waals surface area contributed by atoms with Crippen molar-refractivity contribution in [1.82, 2.24) is 0 Å². The Morgan fingerprint density at radius 2 is 1.81 bits per heavy atom. The second-order valence-electron chi connectivity index (χ2n) is 4.62. The summed E-state index contributed by atoms with van der Waals surface area (Å²) in [5, 5.41) is 12.1. The van der Waals surface area contributed by atoms with Crippen LogP contribution in [0.4, 0.5) is 5.69 Å². The Labute approximate surface area is 127 Å². The van der Waals surface area contributed by atoms with Crippen LogP contribution >= 0.6 is 11.6 Å². The molecule has 0 aliphatic heterocycles. The number of anilines is 1. The quantitative estimate of drug-likeness (QED) is 0.903. The van der Waals surface area contributed by atoms with Crippen LogP contribution in [0, 0.1) is 0 Å². The molecule has 2 N–H and O–H groups in total. The second-order valence-corrected chi connectivity index (χ2v) is 5.05. The van der Waals surface area contributed by atoms with Gasteiger partial charge in [0.1, 0.15) is 0 Å². The number of aromatic carboxylic acids is 1. The molecule has 5 heteroatoms. The van der Waals surface area contributed by atoms with E-state index in [-0.39, 0.29) is 17.2 Å². The van der Waals surface area contributed by atoms with E-state index in [2.05, 4.69) is 5.32 Å². The first-order chi connectivity index (χ1) is 9.99. The summed E-state index contributed by atoms with van der Waals surface area (Å²) in [6, 6.07) is 13.5. The van der Waals surface area contributed by atoms with Crippen LogP contribution in [0.5, 0.6) is 0 Å². The lowest BCUT2D eigenvalue weighted by molar-refractivity contribution is -0.117. The van der Waals surface area contributed by atoms with Crippen LogP contribution in [0.1, 0.15) is 28.8 Å². The smallest absolute Gasteiger partial charge is 0.337 e. The highest BCUT2D eigenvalue weighted by Gasteiger charge is 2.18. The molecule has 108 valence electrons. The minimum Gasteiger partial charge on any atom is -0.478 e. The van der Waals surface area contributed by atoms with Crippen molar-refractivity contribution >= 4 is 29.2 Å². The molecule has 0 saturated carbocycles. The predicted octanol–water partition coefficient (Wildman–Crippen LogP) is 3.78. The van der Waals surface area contributed by atoms with E-state index in [1.165, 1.54) is 18.2 Å². The third-order valence-corrected chi connectivity index (χ3v) is 3.40. The van der Waals surface area contributed by atoms with Crippen LogP contribution < -0.4 is 5.32 Å². The van der Waals surface area contributed by atoms with Gasteiger partial charge in [-0.1, -0.05) is 41.9 Å². The summed E-state index contributed by atoms with van der Waals surface area (Å²) in [7, 11) is 0. The number of carbonyl (C=O) groups excluding carboxylic acids is 1. The molecule has 2 aromatic rings. The van der Waals surface area contributed by atoms with Crippen molar-refractivity contribution in [2.24, 2.45) is 0 Å². The van der Waals surface area contributed by atoms with Gasteiger partial charge in [0.25, 0.3) is 0 Å². The molecule has 1 atom stereocenters. The molecule has 0 spiro atoms. The highest BCUT2D eigenvalue weighted by atomic mass is 35.5. The number of amides is 1. The van der Waals surface area contributed by atoms with E-state index < -0.39 is 11.9 Å². The lowest BCUT2D eigenvalue weighted by atomic mass is 10.0. The molecular formula is C16H14ClNO3. The van der Waals surface area contributed by atoms with E-state index in [4.69, 9.17) is 16.7 Å². The van der Waals surface area contributed by atoms with Gasteiger partial charge in [0.2, 0.25) is 5.91 Å². The van der Waals surface area contributed by atoms with Crippen molar-refractivity contribution in [1.29, 1.82) is 0 Å². The standard InChI is InChI=1S/C16H14ClNO3/c1-10(11-5-3-2-4-6-11)15(19)18-14-9-12(17)7-8-13(14)16(20)21/h2-10H,1H3,(H,18,19)(H,20,21). The van der Waals surface area contributed by atoms with Crippen molar-refractivity contribution in [3.63, 3.8) is 0 Å². The van der Waals surface area contributed by atoms with Gasteiger partial charge in [0.15, 0.2) is 0 Å². The number of halogens is 1. The van der Waals surface area contributed by atoms with Gasteiger partial charge >= 0.3 is 5.97 Å². The van der Waals surface area contributed by atoms with E-state index in [0.717, 1.165) is 5.56 Å². The number of carboxylic acids is 1. The van der Waals surface area contributed by atoms with Crippen molar-refractivity contribution in [3.8, 4) is 0 Å². The SMILES string of the molecule is CC(C(=O)Nc1cc(Cl)ccc1C(=O)O)c1ccccc1. The lowest BCUT2D eigenvalue weighted by Gasteiger charge is -2.14. The highest BCUT2D eigenvalue weighted by Crippen LogP contribution is 2.23. The minimum absolute atomic E-state index is 0.00742. The zero-order chi connectivity index (χ0) is 15.4. The Morgan fingerprint density at radius 1 is 1.14 bits per heavy atom. The summed E-state index contributed by atoms with van der Waals surface area (Å²) >= 11 is 5.86. The number of rotatable bonds is 4. The molecule has 0 saturated heterocycles. The lowest BCUT2D eigenvalue weighted by Crippen LogP contribution is -2.20. The van der Waals surface area contributed by atoms with Crippen LogP contribution in [0.3, 0.4) is 0 Å². The van der Waals surface area contributed by atoms with Gasteiger partial charge in [0, 0.05) is 5.02 Å². The molecule has 4 nitrogen and oxygen atoms in total. The van der Waals surface area contributed by atoms with Crippen LogP contribution in [0.2, 0.25) is 5.02 Å². The van der Waals surface area contributed by atoms with E-state index in [1.807, 2.05) is 30.3 Å². The van der Waals surface area contributed by atoms with E-state index in [0.29, 0.717) is 5.02 Å². The van der Waals surface area contributed by atoms with Gasteiger partial charge in [-0.25, -0.2) is 4.79 Å². The topological polar surface area (TPSA) is 66.4 Å². The molecular weight excluding hydrogens is 290 g/mol. The average Bonchev–Trinajstić information content (AvgIpc) is 2.47. The number of benzene rings is 2. The van der Waals surface area contributed by atoms with Crippen molar-refractivity contribution in [2.45, 2.75) is 12.8 Å². The Balaban J connectivity index is 2.24. The summed E-state index contributed by atoms with van der Waals surface area (Å²) in [6.07, 6.45) is 0. The molecule has 21 heavy (non-hydrogen) atoms. The number of hydrogen-bond acceptors (Lipinski definition) is 2. The minimum atomic E-state index is -1.12. The average molecular weight is 304 g/mol. The summed E-state index contributed by atoms with van der Waals surface area (Å²) in [5.41, 5.74) is 1.06. The highest BCUT2D eigenvalue weighted by molar-refractivity contribution is 6.31. The number of carbonyl (C=O) groups is 2. The summed E-state index contributed by atoms with van der Waals surface area (Å²) in [5.74, 6) is -1.80. The molecule has 1 unspecified atom stereocenters. The van der Waals surface area contributed by atoms with Crippen LogP contribution in [-0.2, 0) is 4.79 Å². The molecule has 0 heterocycles. The fraction of sp³-hybridized carbons (Fsp3) is 0.125. The molecule has 0 radical (unpaired) electrons. The first-order valence-corrected chi connectivity index (χ1v) is 6.75. The maximum atomic E-state index is 12.3. The summed E-state index contributed by atoms with van der Waals surface area (Å²) in [6.45, 7) is 1.76. The molecule has 2 rings (SSSR count). The molecule has 1 amide bonds. The normalized spacial score (nSPS) is 11.7. The predicted molar refractivity (Wildman–Crippen MR) is 81.9 cm³/mol. The third-order valence-electron chi connectivity index (χ3n) is 3.16. The van der Waals surface area contributed by atoms with Gasteiger partial charge in [-0.05, 0) is 30.7 Å². The fourth-order valence-electron chi connectivity index (χ4n) is 1.94. The van der Waals surface area contributed by atoms with Crippen molar-refractivity contribution in [3.05, 3.63) is 64.7 Å². The molecule has 0 fully saturated rings. The summed E-state index contributed by atoms with van der Waals surface area (Å²) < 4.78 is 0. The first kappa shape index (κ1) is 15.1. The summed E-state index contributed by atoms with van der Waals surface area (Å²) in [4.78, 5) is 23.4. The third kappa shape index (κ3) is 3.61. The Kier molecular flexibility index (Phi) is 4.60. The van der Waals surface area contributed by atoms with Crippen LogP contribution in [-0.4, -0.2) is 17.0 Å². The number of carboxylic acid groups (broad SMARTS) is 1. The monoisotopic (exact) mass is 303 g/mol. The molecule has 2 aromatic carbocycles. The Morgan fingerprint density at radius 3 is 2.43 bits per heavy atom. The van der Waals surface area contributed by atoms with Crippen LogP contribution in [0.15, 0.2) is 48.5 Å². The number of nitrogens with one attached hydrogen (secondary N) is 1. The molecule has 0 aliphatic carbocycles. The van der Waals surface area contributed by atoms with Crippen LogP contribution in [0.25, 0.3) is 0 Å². The van der Waals surface area contributed by atoms with Gasteiger partial charge in [-0.15, -0.1) is 0 Å². The fourth-order valence-corrected chi connectivity index (χ4v) is 2.11. The molecule has 0 aromatic heterocycles. The van der Waals surface area contributed by atoms with Crippen molar-refractivity contribution < 1.29 is 14.7 Å². The maximum absolute atomic E-state index is 12.3.